The molecule has 1 atom stereocenters. The van der Waals surface area contributed by atoms with Gasteiger partial charge in [-0.2, -0.15) is 0 Å². The topological polar surface area (TPSA) is 76.5 Å². The fourth-order valence-electron chi connectivity index (χ4n) is 4.31. The van der Waals surface area contributed by atoms with Gasteiger partial charge in [0.2, 0.25) is 6.79 Å². The van der Waals surface area contributed by atoms with Gasteiger partial charge in [0, 0.05) is 34.3 Å². The first-order valence-corrected chi connectivity index (χ1v) is 10.4. The number of ether oxygens (including phenoxy) is 2. The highest BCUT2D eigenvalue weighted by molar-refractivity contribution is 5.93. The van der Waals surface area contributed by atoms with Crippen LogP contribution < -0.4 is 14.8 Å². The summed E-state index contributed by atoms with van der Waals surface area (Å²) in [5, 5.41) is 15.3. The molecule has 2 aromatic heterocycles. The Morgan fingerprint density at radius 3 is 2.65 bits per heavy atom. The number of rotatable bonds is 5. The van der Waals surface area contributed by atoms with Gasteiger partial charge in [-0.15, -0.1) is 0 Å². The molecule has 0 bridgehead atoms. The van der Waals surface area contributed by atoms with E-state index < -0.39 is 6.23 Å². The zero-order valence-electron chi connectivity index (χ0n) is 16.8. The Labute approximate surface area is 179 Å². The first-order valence-electron chi connectivity index (χ1n) is 10.4. The lowest BCUT2D eigenvalue weighted by atomic mass is 9.93. The molecule has 6 nitrogen and oxygen atoms in total. The Balaban J connectivity index is 1.24. The summed E-state index contributed by atoms with van der Waals surface area (Å²) in [5.74, 6) is 2.13. The predicted molar refractivity (Wildman–Crippen MR) is 118 cm³/mol. The summed E-state index contributed by atoms with van der Waals surface area (Å²) in [6.45, 7) is 0.245. The van der Waals surface area contributed by atoms with Gasteiger partial charge in [-0.05, 0) is 48.7 Å². The molecule has 0 saturated heterocycles. The molecule has 6 heteroatoms. The highest BCUT2D eigenvalue weighted by atomic mass is 16.7. The number of aliphatic hydroxyl groups excluding tert-OH is 1. The highest BCUT2D eigenvalue weighted by Gasteiger charge is 2.51. The van der Waals surface area contributed by atoms with Crippen LogP contribution in [0.25, 0.3) is 22.0 Å². The van der Waals surface area contributed by atoms with E-state index in [-0.39, 0.29) is 12.2 Å². The summed E-state index contributed by atoms with van der Waals surface area (Å²) in [5.41, 5.74) is 3.70. The number of nitrogens with one attached hydrogen (secondary N) is 1. The Morgan fingerprint density at radius 1 is 0.935 bits per heavy atom. The van der Waals surface area contributed by atoms with Gasteiger partial charge in [0.25, 0.3) is 0 Å². The molecule has 1 fully saturated rings. The van der Waals surface area contributed by atoms with Crippen molar-refractivity contribution in [1.29, 1.82) is 0 Å². The van der Waals surface area contributed by atoms with E-state index in [0.717, 1.165) is 51.9 Å². The van der Waals surface area contributed by atoms with Crippen LogP contribution in [0.15, 0.2) is 73.1 Å². The van der Waals surface area contributed by atoms with Gasteiger partial charge in [0.15, 0.2) is 11.5 Å². The summed E-state index contributed by atoms with van der Waals surface area (Å²) >= 11 is 0. The fraction of sp³-hybridized carbons (Fsp3) is 0.200. The molecule has 2 aromatic carbocycles. The van der Waals surface area contributed by atoms with E-state index in [1.165, 1.54) is 0 Å². The van der Waals surface area contributed by atoms with E-state index in [1.54, 1.807) is 6.20 Å². The van der Waals surface area contributed by atoms with Gasteiger partial charge < -0.3 is 19.9 Å². The number of nitrogens with zero attached hydrogens (tertiary/aromatic N) is 2. The minimum Gasteiger partial charge on any atom is -0.454 e. The smallest absolute Gasteiger partial charge is 0.231 e. The summed E-state index contributed by atoms with van der Waals surface area (Å²) in [6.07, 6.45) is 4.68. The number of anilines is 1. The van der Waals surface area contributed by atoms with E-state index in [2.05, 4.69) is 27.4 Å². The number of benzene rings is 2. The Bertz CT molecular complexity index is 1260. The van der Waals surface area contributed by atoms with Crippen molar-refractivity contribution in [2.45, 2.75) is 24.5 Å². The van der Waals surface area contributed by atoms with Crippen molar-refractivity contribution < 1.29 is 14.6 Å². The Morgan fingerprint density at radius 2 is 1.81 bits per heavy atom. The van der Waals surface area contributed by atoms with Crippen molar-refractivity contribution in [2.75, 3.05) is 12.1 Å². The molecule has 1 unspecified atom stereocenters. The summed E-state index contributed by atoms with van der Waals surface area (Å²) < 4.78 is 10.9. The maximum Gasteiger partial charge on any atom is 0.231 e. The number of hydrogen-bond donors (Lipinski definition) is 2. The Kier molecular flexibility index (Phi) is 4.07. The van der Waals surface area contributed by atoms with Gasteiger partial charge in [-0.1, -0.05) is 30.3 Å². The number of aromatic nitrogens is 2. The summed E-state index contributed by atoms with van der Waals surface area (Å²) in [6, 6.07) is 19.9. The minimum absolute atomic E-state index is 0.245. The van der Waals surface area contributed by atoms with Gasteiger partial charge >= 0.3 is 0 Å². The van der Waals surface area contributed by atoms with Gasteiger partial charge in [0.1, 0.15) is 12.0 Å². The van der Waals surface area contributed by atoms with Crippen LogP contribution in [0.2, 0.25) is 0 Å². The minimum atomic E-state index is -0.745. The van der Waals surface area contributed by atoms with E-state index in [9.17, 15) is 5.11 Å². The first-order chi connectivity index (χ1) is 15.2. The standard InChI is InChI=1S/C25H21N3O3/c29-24(25(10-11-25)18-7-8-20-21(13-18)31-15-30-20)28-22-9-6-17(14-27-22)19-5-1-3-16-4-2-12-26-23(16)19/h1-9,12-14,24,29H,10-11,15H2,(H,27,28). The lowest BCUT2D eigenvalue weighted by Crippen LogP contribution is -2.33. The molecule has 4 aromatic rings. The van der Waals surface area contributed by atoms with E-state index in [1.807, 2.05) is 54.7 Å². The molecule has 2 N–H and O–H groups in total. The Hall–Kier alpha value is -3.64. The van der Waals surface area contributed by atoms with Crippen LogP contribution in [0.5, 0.6) is 11.5 Å². The molecule has 2 aliphatic rings. The molecule has 0 spiro atoms. The van der Waals surface area contributed by atoms with E-state index in [0.29, 0.717) is 5.82 Å². The van der Waals surface area contributed by atoms with Crippen molar-refractivity contribution in [3.8, 4) is 22.6 Å². The van der Waals surface area contributed by atoms with Crippen molar-refractivity contribution in [3.63, 3.8) is 0 Å². The van der Waals surface area contributed by atoms with Crippen LogP contribution >= 0.6 is 0 Å². The second-order valence-electron chi connectivity index (χ2n) is 8.08. The maximum absolute atomic E-state index is 11.0. The molecule has 1 saturated carbocycles. The third kappa shape index (κ3) is 3.07. The molecular weight excluding hydrogens is 390 g/mol. The molecule has 0 amide bonds. The monoisotopic (exact) mass is 411 g/mol. The lowest BCUT2D eigenvalue weighted by molar-refractivity contribution is 0.158. The zero-order chi connectivity index (χ0) is 20.8. The van der Waals surface area contributed by atoms with Crippen LogP contribution in [-0.2, 0) is 5.41 Å². The maximum atomic E-state index is 11.0. The number of fused-ring (bicyclic) bond motifs is 2. The van der Waals surface area contributed by atoms with Crippen LogP contribution in [0, 0.1) is 0 Å². The SMILES string of the molecule is OC(Nc1ccc(-c2cccc3cccnc23)cn1)C1(c2ccc3c(c2)OCO3)CC1. The van der Waals surface area contributed by atoms with Crippen molar-refractivity contribution in [3.05, 3.63) is 78.6 Å². The number of para-hydroxylation sites is 1. The van der Waals surface area contributed by atoms with Crippen LogP contribution in [-0.4, -0.2) is 28.1 Å². The van der Waals surface area contributed by atoms with Gasteiger partial charge in [0.05, 0.1) is 5.52 Å². The van der Waals surface area contributed by atoms with Crippen LogP contribution in [0.1, 0.15) is 18.4 Å². The van der Waals surface area contributed by atoms with Crippen molar-refractivity contribution in [2.24, 2.45) is 0 Å². The lowest BCUT2D eigenvalue weighted by Gasteiger charge is -2.24. The molecule has 3 heterocycles. The molecule has 154 valence electrons. The third-order valence-corrected chi connectivity index (χ3v) is 6.25. The molecular formula is C25H21N3O3. The van der Waals surface area contributed by atoms with Crippen LogP contribution in [0.3, 0.4) is 0 Å². The number of pyridine rings is 2. The average Bonchev–Trinajstić information content (AvgIpc) is 3.50. The fourth-order valence-corrected chi connectivity index (χ4v) is 4.31. The first kappa shape index (κ1) is 18.2. The van der Waals surface area contributed by atoms with Gasteiger partial charge in [-0.25, -0.2) is 4.98 Å². The second kappa shape index (κ2) is 6.96. The highest BCUT2D eigenvalue weighted by Crippen LogP contribution is 2.52. The number of aliphatic hydroxyl groups is 1. The van der Waals surface area contributed by atoms with Crippen molar-refractivity contribution in [1.82, 2.24) is 9.97 Å². The third-order valence-electron chi connectivity index (χ3n) is 6.25. The summed E-state index contributed by atoms with van der Waals surface area (Å²) in [7, 11) is 0. The normalized spacial score (nSPS) is 16.8. The van der Waals surface area contributed by atoms with Crippen LogP contribution in [0.4, 0.5) is 5.82 Å². The zero-order valence-corrected chi connectivity index (χ0v) is 16.8. The number of hydrogen-bond acceptors (Lipinski definition) is 6. The molecule has 31 heavy (non-hydrogen) atoms. The summed E-state index contributed by atoms with van der Waals surface area (Å²) in [4.78, 5) is 9.08. The molecule has 1 aliphatic heterocycles. The second-order valence-corrected chi connectivity index (χ2v) is 8.08. The molecule has 6 rings (SSSR count). The van der Waals surface area contributed by atoms with E-state index in [4.69, 9.17) is 9.47 Å². The van der Waals surface area contributed by atoms with Gasteiger partial charge in [-0.3, -0.25) is 4.98 Å². The molecule has 1 aliphatic carbocycles. The average molecular weight is 411 g/mol. The van der Waals surface area contributed by atoms with Crippen molar-refractivity contribution >= 4 is 16.7 Å². The molecule has 0 radical (unpaired) electrons. The predicted octanol–water partition coefficient (Wildman–Crippen LogP) is 4.49. The van der Waals surface area contributed by atoms with E-state index >= 15 is 0 Å². The largest absolute Gasteiger partial charge is 0.454 e. The quantitative estimate of drug-likeness (QED) is 0.472.